The molecule has 0 saturated carbocycles. The molecule has 0 aliphatic rings. The molecule has 0 aliphatic carbocycles. The van der Waals surface area contributed by atoms with Crippen LogP contribution >= 0.6 is 0 Å². The van der Waals surface area contributed by atoms with Crippen LogP contribution in [0.5, 0.6) is 0 Å². The molecule has 72 valence electrons. The average Bonchev–Trinajstić information content (AvgIpc) is 2.03. The maximum absolute atomic E-state index is 10.8. The summed E-state index contributed by atoms with van der Waals surface area (Å²) in [6, 6.07) is 0. The van der Waals surface area contributed by atoms with Crippen molar-refractivity contribution in [2.45, 2.75) is 18.8 Å². The topological polar surface area (TPSA) is 72.8 Å². The molecule has 0 rings (SSSR count). The molecule has 0 amide bonds. The first kappa shape index (κ1) is 11.6. The standard InChI is InChI=1S/C6H12O5S/c1-3-5-10-11-12(8,9)6(7)4-2/h3,6-7H,1,4-5H2,2H3. The molecular formula is C6H12O5S. The minimum absolute atomic E-state index is 0.0460. The minimum atomic E-state index is -4.00. The molecule has 0 heterocycles. The van der Waals surface area contributed by atoms with Crippen LogP contribution in [0.25, 0.3) is 0 Å². The van der Waals surface area contributed by atoms with E-state index in [-0.39, 0.29) is 13.0 Å². The van der Waals surface area contributed by atoms with Gasteiger partial charge in [-0.05, 0) is 6.42 Å². The molecule has 0 aliphatic heterocycles. The Bertz CT molecular complexity index is 220. The molecule has 0 radical (unpaired) electrons. The van der Waals surface area contributed by atoms with Crippen molar-refractivity contribution in [3.63, 3.8) is 0 Å². The summed E-state index contributed by atoms with van der Waals surface area (Å²) in [4.78, 5) is 4.20. The highest BCUT2D eigenvalue weighted by atomic mass is 32.2. The average molecular weight is 196 g/mol. The van der Waals surface area contributed by atoms with Crippen LogP contribution in [-0.2, 0) is 19.3 Å². The fourth-order valence-corrected chi connectivity index (χ4v) is 1.08. The smallest absolute Gasteiger partial charge is 0.320 e. The lowest BCUT2D eigenvalue weighted by Gasteiger charge is -2.07. The molecule has 0 aromatic carbocycles. The molecule has 0 saturated heterocycles. The SMILES string of the molecule is C=CCOOS(=O)(=O)C(O)CC. The Balaban J connectivity index is 3.96. The second-order valence-corrected chi connectivity index (χ2v) is 3.66. The molecule has 1 unspecified atom stereocenters. The van der Waals surface area contributed by atoms with Crippen LogP contribution < -0.4 is 0 Å². The summed E-state index contributed by atoms with van der Waals surface area (Å²) in [7, 11) is -4.00. The number of rotatable bonds is 6. The van der Waals surface area contributed by atoms with Gasteiger partial charge in [-0.25, -0.2) is 4.89 Å². The van der Waals surface area contributed by atoms with E-state index in [0.717, 1.165) is 0 Å². The predicted octanol–water partition coefficient (Wildman–Crippen LogP) is 0.179. The Kier molecular flexibility index (Phi) is 5.07. The highest BCUT2D eigenvalue weighted by Gasteiger charge is 2.22. The van der Waals surface area contributed by atoms with Gasteiger partial charge in [0.05, 0.1) is 0 Å². The number of aliphatic hydroxyl groups excluding tert-OH is 1. The van der Waals surface area contributed by atoms with E-state index in [1.54, 1.807) is 0 Å². The van der Waals surface area contributed by atoms with E-state index in [0.29, 0.717) is 0 Å². The van der Waals surface area contributed by atoms with Crippen molar-refractivity contribution in [2.75, 3.05) is 6.61 Å². The second-order valence-electron chi connectivity index (χ2n) is 2.00. The van der Waals surface area contributed by atoms with Crippen molar-refractivity contribution in [1.29, 1.82) is 0 Å². The van der Waals surface area contributed by atoms with Crippen molar-refractivity contribution in [3.05, 3.63) is 12.7 Å². The van der Waals surface area contributed by atoms with E-state index in [2.05, 4.69) is 15.8 Å². The van der Waals surface area contributed by atoms with Crippen LogP contribution in [0.4, 0.5) is 0 Å². The van der Waals surface area contributed by atoms with Crippen LogP contribution in [0, 0.1) is 0 Å². The van der Waals surface area contributed by atoms with Crippen LogP contribution in [0.15, 0.2) is 12.7 Å². The first-order valence-corrected chi connectivity index (χ1v) is 4.85. The molecule has 0 spiro atoms. The maximum Gasteiger partial charge on any atom is 0.320 e. The minimum Gasteiger partial charge on any atom is -0.375 e. The van der Waals surface area contributed by atoms with Gasteiger partial charge in [-0.15, -0.1) is 10.9 Å². The molecule has 1 atom stereocenters. The van der Waals surface area contributed by atoms with E-state index in [1.807, 2.05) is 0 Å². The van der Waals surface area contributed by atoms with Crippen molar-refractivity contribution in [1.82, 2.24) is 0 Å². The molecule has 6 heteroatoms. The summed E-state index contributed by atoms with van der Waals surface area (Å²) >= 11 is 0. The number of hydrogen-bond acceptors (Lipinski definition) is 5. The lowest BCUT2D eigenvalue weighted by atomic mass is 10.5. The summed E-state index contributed by atoms with van der Waals surface area (Å²) in [5.41, 5.74) is -1.54. The van der Waals surface area contributed by atoms with Crippen LogP contribution in [0.1, 0.15) is 13.3 Å². The van der Waals surface area contributed by atoms with Gasteiger partial charge in [0, 0.05) is 0 Å². The zero-order valence-electron chi connectivity index (χ0n) is 6.76. The van der Waals surface area contributed by atoms with Gasteiger partial charge in [-0.3, -0.25) is 0 Å². The normalized spacial score (nSPS) is 14.2. The third-order valence-corrected chi connectivity index (χ3v) is 2.30. The molecule has 1 N–H and O–H groups in total. The molecule has 0 aromatic heterocycles. The lowest BCUT2D eigenvalue weighted by molar-refractivity contribution is -0.192. The zero-order chi connectivity index (χ0) is 9.61. The number of hydrogen-bond donors (Lipinski definition) is 1. The van der Waals surface area contributed by atoms with Gasteiger partial charge in [0.2, 0.25) is 0 Å². The summed E-state index contributed by atoms with van der Waals surface area (Å²) in [6.45, 7) is 4.75. The maximum atomic E-state index is 10.8. The highest BCUT2D eigenvalue weighted by molar-refractivity contribution is 7.87. The van der Waals surface area contributed by atoms with Gasteiger partial charge in [0.15, 0.2) is 5.44 Å². The summed E-state index contributed by atoms with van der Waals surface area (Å²) < 4.78 is 25.6. The van der Waals surface area contributed by atoms with Gasteiger partial charge < -0.3 is 5.11 Å². The Morgan fingerprint density at radius 1 is 1.67 bits per heavy atom. The number of aliphatic hydroxyl groups is 1. The molecule has 0 bridgehead atoms. The Morgan fingerprint density at radius 2 is 2.25 bits per heavy atom. The first-order chi connectivity index (χ1) is 5.54. The van der Waals surface area contributed by atoms with E-state index >= 15 is 0 Å². The molecule has 5 nitrogen and oxygen atoms in total. The van der Waals surface area contributed by atoms with Gasteiger partial charge >= 0.3 is 10.1 Å². The summed E-state index contributed by atoms with van der Waals surface area (Å²) in [6.07, 6.45) is 1.38. The second kappa shape index (κ2) is 5.26. The predicted molar refractivity (Wildman–Crippen MR) is 42.5 cm³/mol. The quantitative estimate of drug-likeness (QED) is 0.284. The summed E-state index contributed by atoms with van der Waals surface area (Å²) in [5.74, 6) is 0. The van der Waals surface area contributed by atoms with Crippen LogP contribution in [0.2, 0.25) is 0 Å². The monoisotopic (exact) mass is 196 g/mol. The van der Waals surface area contributed by atoms with Crippen molar-refractivity contribution >= 4 is 10.1 Å². The van der Waals surface area contributed by atoms with Crippen molar-refractivity contribution < 1.29 is 22.7 Å². The summed E-state index contributed by atoms with van der Waals surface area (Å²) in [5, 5.41) is 8.87. The van der Waals surface area contributed by atoms with Crippen LogP contribution in [-0.4, -0.2) is 25.6 Å². The molecule has 0 fully saturated rings. The van der Waals surface area contributed by atoms with E-state index in [9.17, 15) is 8.42 Å². The van der Waals surface area contributed by atoms with Gasteiger partial charge in [0.1, 0.15) is 6.61 Å². The lowest BCUT2D eigenvalue weighted by Crippen LogP contribution is -2.22. The van der Waals surface area contributed by atoms with Gasteiger partial charge in [0.25, 0.3) is 0 Å². The highest BCUT2D eigenvalue weighted by Crippen LogP contribution is 2.04. The Labute approximate surface area is 71.7 Å². The van der Waals surface area contributed by atoms with Gasteiger partial charge in [-0.1, -0.05) is 13.0 Å². The molecule has 0 aromatic rings. The Hall–Kier alpha value is -0.430. The van der Waals surface area contributed by atoms with Gasteiger partial charge in [-0.2, -0.15) is 8.42 Å². The zero-order valence-corrected chi connectivity index (χ0v) is 7.58. The molecular weight excluding hydrogens is 184 g/mol. The first-order valence-electron chi connectivity index (χ1n) is 3.38. The Morgan fingerprint density at radius 3 is 2.67 bits per heavy atom. The van der Waals surface area contributed by atoms with E-state index < -0.39 is 15.6 Å². The van der Waals surface area contributed by atoms with Crippen molar-refractivity contribution in [3.8, 4) is 0 Å². The molecule has 12 heavy (non-hydrogen) atoms. The van der Waals surface area contributed by atoms with Crippen molar-refractivity contribution in [2.24, 2.45) is 0 Å². The third kappa shape index (κ3) is 3.82. The van der Waals surface area contributed by atoms with E-state index in [4.69, 9.17) is 5.11 Å². The van der Waals surface area contributed by atoms with Crippen LogP contribution in [0.3, 0.4) is 0 Å². The fraction of sp³-hybridized carbons (Fsp3) is 0.667. The largest absolute Gasteiger partial charge is 0.375 e. The van der Waals surface area contributed by atoms with E-state index in [1.165, 1.54) is 13.0 Å². The third-order valence-electron chi connectivity index (χ3n) is 1.01. The fourth-order valence-electron chi connectivity index (χ4n) is 0.392.